The van der Waals surface area contributed by atoms with E-state index in [9.17, 15) is 19.5 Å². The molecule has 0 aliphatic carbocycles. The van der Waals surface area contributed by atoms with Gasteiger partial charge in [0.05, 0.1) is 0 Å². The molecule has 0 spiro atoms. The summed E-state index contributed by atoms with van der Waals surface area (Å²) in [5, 5.41) is 14.7. The van der Waals surface area contributed by atoms with Crippen molar-refractivity contribution in [1.29, 1.82) is 0 Å². The van der Waals surface area contributed by atoms with E-state index in [0.29, 0.717) is 32.2 Å². The van der Waals surface area contributed by atoms with Crippen LogP contribution in [0.4, 0.5) is 4.79 Å². The van der Waals surface area contributed by atoms with Gasteiger partial charge in [0, 0.05) is 13.0 Å². The molecule has 0 aromatic heterocycles. The van der Waals surface area contributed by atoms with Crippen LogP contribution in [0.2, 0.25) is 0 Å². The Morgan fingerprint density at radius 1 is 0.806 bits per heavy atom. The number of alkyl carbamates (subject to hydrolysis) is 1. The highest BCUT2D eigenvalue weighted by atomic mass is 16.6. The van der Waals surface area contributed by atoms with Crippen molar-refractivity contribution in [3.8, 4) is 0 Å². The van der Waals surface area contributed by atoms with Crippen LogP contribution in [0, 0.1) is 0 Å². The van der Waals surface area contributed by atoms with E-state index in [-0.39, 0.29) is 5.91 Å². The first kappa shape index (κ1) is 34.0. The van der Waals surface area contributed by atoms with Crippen LogP contribution < -0.4 is 10.6 Å². The Kier molecular flexibility index (Phi) is 20.9. The number of carbonyl (C=O) groups excluding carboxylic acids is 2. The molecule has 0 aliphatic heterocycles. The van der Waals surface area contributed by atoms with Gasteiger partial charge in [-0.05, 0) is 72.1 Å². The maximum Gasteiger partial charge on any atom is 0.407 e. The van der Waals surface area contributed by atoms with Gasteiger partial charge >= 0.3 is 12.1 Å². The molecule has 0 heterocycles. The summed E-state index contributed by atoms with van der Waals surface area (Å²) in [6.07, 6.45) is 21.6. The molecule has 0 bridgehead atoms. The number of carboxylic acids is 1. The molecule has 0 fully saturated rings. The Morgan fingerprint density at radius 2 is 1.36 bits per heavy atom. The second-order valence-corrected chi connectivity index (χ2v) is 10.7. The van der Waals surface area contributed by atoms with E-state index in [1.807, 2.05) is 0 Å². The van der Waals surface area contributed by atoms with E-state index in [1.54, 1.807) is 20.8 Å². The van der Waals surface area contributed by atoms with Crippen molar-refractivity contribution in [1.82, 2.24) is 10.6 Å². The summed E-state index contributed by atoms with van der Waals surface area (Å²) in [6, 6.07) is -0.887. The lowest BCUT2D eigenvalue weighted by molar-refractivity contribution is -0.142. The van der Waals surface area contributed by atoms with E-state index in [4.69, 9.17) is 4.74 Å². The van der Waals surface area contributed by atoms with Crippen LogP contribution in [0.1, 0.15) is 137 Å². The summed E-state index contributed by atoms with van der Waals surface area (Å²) in [6.45, 7) is 8.04. The average Bonchev–Trinajstić information content (AvgIpc) is 2.79. The predicted octanol–water partition coefficient (Wildman–Crippen LogP) is 7.29. The van der Waals surface area contributed by atoms with Gasteiger partial charge in [0.15, 0.2) is 0 Å². The quantitative estimate of drug-likeness (QED) is 0.105. The Hall–Kier alpha value is -2.05. The number of rotatable bonds is 22. The molecule has 210 valence electrons. The first-order valence-electron chi connectivity index (χ1n) is 14.3. The molecule has 7 nitrogen and oxygen atoms in total. The highest BCUT2D eigenvalue weighted by Crippen LogP contribution is 2.11. The Balaban J connectivity index is 3.73. The monoisotopic (exact) mass is 510 g/mol. The zero-order chi connectivity index (χ0) is 27.1. The normalized spacial score (nSPS) is 12.4. The van der Waals surface area contributed by atoms with Crippen LogP contribution >= 0.6 is 0 Å². The number of carboxylic acid groups (broad SMARTS) is 1. The number of carbonyl (C=O) groups is 3. The summed E-state index contributed by atoms with van der Waals surface area (Å²) < 4.78 is 5.16. The van der Waals surface area contributed by atoms with Gasteiger partial charge in [-0.3, -0.25) is 4.79 Å². The zero-order valence-electron chi connectivity index (χ0n) is 23.5. The summed E-state index contributed by atoms with van der Waals surface area (Å²) >= 11 is 0. The number of aliphatic carboxylic acids is 1. The Morgan fingerprint density at radius 3 is 1.92 bits per heavy atom. The van der Waals surface area contributed by atoms with Crippen LogP contribution in [0.25, 0.3) is 0 Å². The van der Waals surface area contributed by atoms with E-state index in [2.05, 4.69) is 29.7 Å². The van der Waals surface area contributed by atoms with Gasteiger partial charge in [0.25, 0.3) is 0 Å². The van der Waals surface area contributed by atoms with Crippen molar-refractivity contribution in [2.24, 2.45) is 0 Å². The summed E-state index contributed by atoms with van der Waals surface area (Å²) in [5.41, 5.74) is -0.549. The molecule has 0 radical (unpaired) electrons. The zero-order valence-corrected chi connectivity index (χ0v) is 23.5. The highest BCUT2D eigenvalue weighted by Gasteiger charge is 2.19. The lowest BCUT2D eigenvalue weighted by atomic mass is 10.1. The van der Waals surface area contributed by atoms with Gasteiger partial charge in [0.1, 0.15) is 11.6 Å². The van der Waals surface area contributed by atoms with Crippen molar-refractivity contribution < 1.29 is 24.2 Å². The van der Waals surface area contributed by atoms with Crippen LogP contribution in [0.5, 0.6) is 0 Å². The van der Waals surface area contributed by atoms with Gasteiger partial charge < -0.3 is 20.5 Å². The highest BCUT2D eigenvalue weighted by molar-refractivity contribution is 5.83. The molecule has 7 heteroatoms. The average molecular weight is 511 g/mol. The smallest absolute Gasteiger partial charge is 0.407 e. The summed E-state index contributed by atoms with van der Waals surface area (Å²) in [5.74, 6) is -1.22. The number of unbranched alkanes of at least 4 members (excludes halogenated alkanes) is 12. The number of allylic oxidation sites excluding steroid dienone is 2. The molecule has 0 aromatic rings. The molecule has 0 rings (SSSR count). The van der Waals surface area contributed by atoms with E-state index < -0.39 is 23.7 Å². The first-order valence-corrected chi connectivity index (χ1v) is 14.3. The minimum absolute atomic E-state index is 0.202. The number of hydrogen-bond donors (Lipinski definition) is 3. The number of ether oxygens (including phenoxy) is 1. The standard InChI is InChI=1S/C29H54N2O5/c1-5-6-7-8-9-10-11-12-13-14-15-16-17-18-19-23-26(32)31-25(27(33)34)22-20-21-24-30-28(35)36-29(2,3)4/h12-13,25H,5-11,14-24H2,1-4H3,(H,30,35)(H,31,32)(H,33,34)/b13-12-. The van der Waals surface area contributed by atoms with Gasteiger partial charge in [-0.25, -0.2) is 9.59 Å². The molecular weight excluding hydrogens is 456 g/mol. The van der Waals surface area contributed by atoms with Crippen molar-refractivity contribution in [2.45, 2.75) is 148 Å². The lowest BCUT2D eigenvalue weighted by Crippen LogP contribution is -2.40. The third kappa shape index (κ3) is 23.7. The SMILES string of the molecule is CCCCCCCC/C=C\CCCCCCCC(=O)NC(CCCCNC(=O)OC(C)(C)C)C(=O)O. The van der Waals surface area contributed by atoms with Crippen LogP contribution in [-0.4, -0.2) is 41.3 Å². The minimum Gasteiger partial charge on any atom is -0.480 e. The predicted molar refractivity (Wildman–Crippen MR) is 147 cm³/mol. The minimum atomic E-state index is -1.02. The molecule has 2 amide bonds. The molecule has 0 saturated heterocycles. The Labute approximate surface area is 220 Å². The molecular formula is C29H54N2O5. The number of amides is 2. The third-order valence-electron chi connectivity index (χ3n) is 5.89. The van der Waals surface area contributed by atoms with Crippen molar-refractivity contribution in [2.75, 3.05) is 6.54 Å². The van der Waals surface area contributed by atoms with E-state index in [0.717, 1.165) is 32.1 Å². The fourth-order valence-electron chi connectivity index (χ4n) is 3.86. The molecule has 0 aliphatic rings. The molecule has 0 aromatic carbocycles. The van der Waals surface area contributed by atoms with Gasteiger partial charge in [0.2, 0.25) is 5.91 Å². The molecule has 1 atom stereocenters. The number of hydrogen-bond acceptors (Lipinski definition) is 4. The maximum absolute atomic E-state index is 12.1. The molecule has 0 saturated carbocycles. The summed E-state index contributed by atoms with van der Waals surface area (Å²) in [7, 11) is 0. The van der Waals surface area contributed by atoms with Crippen LogP contribution in [0.15, 0.2) is 12.2 Å². The third-order valence-corrected chi connectivity index (χ3v) is 5.89. The van der Waals surface area contributed by atoms with Crippen molar-refractivity contribution in [3.63, 3.8) is 0 Å². The molecule has 36 heavy (non-hydrogen) atoms. The van der Waals surface area contributed by atoms with Crippen LogP contribution in [-0.2, 0) is 14.3 Å². The largest absolute Gasteiger partial charge is 0.480 e. The maximum atomic E-state index is 12.1. The van der Waals surface area contributed by atoms with E-state index >= 15 is 0 Å². The molecule has 3 N–H and O–H groups in total. The second kappa shape index (κ2) is 22.2. The van der Waals surface area contributed by atoms with Gasteiger partial charge in [-0.15, -0.1) is 0 Å². The second-order valence-electron chi connectivity index (χ2n) is 10.7. The topological polar surface area (TPSA) is 105 Å². The Bertz CT molecular complexity index is 613. The van der Waals surface area contributed by atoms with Gasteiger partial charge in [-0.2, -0.15) is 0 Å². The van der Waals surface area contributed by atoms with Crippen molar-refractivity contribution >= 4 is 18.0 Å². The van der Waals surface area contributed by atoms with Gasteiger partial charge in [-0.1, -0.05) is 70.4 Å². The summed E-state index contributed by atoms with van der Waals surface area (Å²) in [4.78, 5) is 35.2. The first-order chi connectivity index (χ1) is 17.2. The lowest BCUT2D eigenvalue weighted by Gasteiger charge is -2.19. The fraction of sp³-hybridized carbons (Fsp3) is 0.828. The van der Waals surface area contributed by atoms with Crippen molar-refractivity contribution in [3.05, 3.63) is 12.2 Å². The fourth-order valence-corrected chi connectivity index (χ4v) is 3.86. The van der Waals surface area contributed by atoms with Crippen LogP contribution in [0.3, 0.4) is 0 Å². The molecule has 1 unspecified atom stereocenters. The number of nitrogens with one attached hydrogen (secondary N) is 2. The van der Waals surface area contributed by atoms with E-state index in [1.165, 1.54) is 51.4 Å².